The molecular formula is C12H24Se. The van der Waals surface area contributed by atoms with Crippen molar-refractivity contribution in [2.75, 3.05) is 0 Å². The first-order valence-corrected chi connectivity index (χ1v) is 7.00. The van der Waals surface area contributed by atoms with Crippen LogP contribution in [0.3, 0.4) is 0 Å². The molecule has 0 heterocycles. The van der Waals surface area contributed by atoms with Gasteiger partial charge in [0.15, 0.2) is 0 Å². The topological polar surface area (TPSA) is 0 Å². The van der Waals surface area contributed by atoms with Gasteiger partial charge in [0.05, 0.1) is 0 Å². The number of unbranched alkanes of at least 4 members (excludes halogenated alkanes) is 7. The Morgan fingerprint density at radius 3 is 2.08 bits per heavy atom. The van der Waals surface area contributed by atoms with Crippen LogP contribution in [0.25, 0.3) is 0 Å². The summed E-state index contributed by atoms with van der Waals surface area (Å²) in [5, 5.41) is 1.13. The van der Waals surface area contributed by atoms with Crippen molar-refractivity contribution in [1.82, 2.24) is 0 Å². The van der Waals surface area contributed by atoms with E-state index in [1.165, 1.54) is 51.4 Å². The molecule has 0 atom stereocenters. The summed E-state index contributed by atoms with van der Waals surface area (Å²) in [6.07, 6.45) is 15.8. The molecule has 0 aromatic carbocycles. The van der Waals surface area contributed by atoms with E-state index in [0.29, 0.717) is 0 Å². The minimum absolute atomic E-state index is 1.13. The Labute approximate surface area is 92.0 Å². The second-order valence-corrected chi connectivity index (χ2v) is 4.33. The van der Waals surface area contributed by atoms with E-state index in [9.17, 15) is 0 Å². The van der Waals surface area contributed by atoms with Crippen molar-refractivity contribution in [2.45, 2.75) is 63.6 Å². The molecule has 0 amide bonds. The van der Waals surface area contributed by atoms with Crippen LogP contribution in [-0.2, 0) is 0 Å². The van der Waals surface area contributed by atoms with E-state index in [-0.39, 0.29) is 0 Å². The van der Waals surface area contributed by atoms with Gasteiger partial charge in [-0.05, 0) is 0 Å². The van der Waals surface area contributed by atoms with Crippen LogP contribution in [0.1, 0.15) is 58.3 Å². The van der Waals surface area contributed by atoms with Gasteiger partial charge in [-0.1, -0.05) is 0 Å². The molecule has 0 unspecified atom stereocenters. The van der Waals surface area contributed by atoms with Crippen molar-refractivity contribution in [1.29, 1.82) is 0 Å². The van der Waals surface area contributed by atoms with Gasteiger partial charge >= 0.3 is 91.8 Å². The van der Waals surface area contributed by atoms with Gasteiger partial charge in [0.1, 0.15) is 0 Å². The molecule has 0 N–H and O–H groups in total. The monoisotopic (exact) mass is 248 g/mol. The van der Waals surface area contributed by atoms with Crippen molar-refractivity contribution in [3.05, 3.63) is 12.2 Å². The van der Waals surface area contributed by atoms with Crippen LogP contribution in [-0.4, -0.2) is 16.0 Å². The van der Waals surface area contributed by atoms with Gasteiger partial charge in [-0.25, -0.2) is 0 Å². The Morgan fingerprint density at radius 1 is 0.846 bits per heavy atom. The second-order valence-electron chi connectivity index (χ2n) is 3.56. The molecule has 0 saturated heterocycles. The summed E-state index contributed by atoms with van der Waals surface area (Å²) >= 11 is 2.59. The molecule has 78 valence electrons. The number of rotatable bonds is 9. The Morgan fingerprint density at radius 2 is 1.46 bits per heavy atom. The maximum atomic E-state index is 2.59. The molecule has 0 aliphatic carbocycles. The number of hydrogen-bond donors (Lipinski definition) is 0. The summed E-state index contributed by atoms with van der Waals surface area (Å²) in [7, 11) is 0. The predicted octanol–water partition coefficient (Wildman–Crippen LogP) is 4.00. The molecule has 0 radical (unpaired) electrons. The average molecular weight is 247 g/mol. The van der Waals surface area contributed by atoms with Crippen molar-refractivity contribution < 1.29 is 0 Å². The van der Waals surface area contributed by atoms with Crippen LogP contribution in [0.5, 0.6) is 0 Å². The summed E-state index contributed by atoms with van der Waals surface area (Å²) in [4.78, 5) is 0. The summed E-state index contributed by atoms with van der Waals surface area (Å²) in [6.45, 7) is 2.27. The molecule has 0 nitrogen and oxygen atoms in total. The Kier molecular flexibility index (Phi) is 12.5. The van der Waals surface area contributed by atoms with E-state index < -0.39 is 0 Å². The van der Waals surface area contributed by atoms with Gasteiger partial charge in [0.2, 0.25) is 0 Å². The van der Waals surface area contributed by atoms with Gasteiger partial charge < -0.3 is 0 Å². The molecule has 0 aromatic rings. The van der Waals surface area contributed by atoms with E-state index in [0.717, 1.165) is 5.32 Å². The molecule has 0 aliphatic heterocycles. The van der Waals surface area contributed by atoms with Crippen LogP contribution >= 0.6 is 0 Å². The molecule has 0 bridgehead atoms. The zero-order chi connectivity index (χ0) is 9.78. The normalized spacial score (nSPS) is 11.2. The van der Waals surface area contributed by atoms with E-state index in [1.54, 1.807) is 0 Å². The number of allylic oxidation sites excluding steroid dienone is 2. The van der Waals surface area contributed by atoms with Gasteiger partial charge in [0, 0.05) is 0 Å². The van der Waals surface area contributed by atoms with Crippen molar-refractivity contribution in [2.24, 2.45) is 0 Å². The van der Waals surface area contributed by atoms with E-state index in [2.05, 4.69) is 35.1 Å². The van der Waals surface area contributed by atoms with E-state index in [4.69, 9.17) is 0 Å². The quantitative estimate of drug-likeness (QED) is 0.328. The Balaban J connectivity index is 2.87. The van der Waals surface area contributed by atoms with Crippen molar-refractivity contribution >= 4 is 16.0 Å². The second kappa shape index (κ2) is 12.3. The van der Waals surface area contributed by atoms with Crippen LogP contribution in [0, 0.1) is 0 Å². The van der Waals surface area contributed by atoms with Gasteiger partial charge in [0.25, 0.3) is 0 Å². The van der Waals surface area contributed by atoms with Crippen LogP contribution < -0.4 is 0 Å². The molecule has 0 spiro atoms. The fraction of sp³-hybridized carbons (Fsp3) is 0.833. The summed E-state index contributed by atoms with van der Waals surface area (Å²) in [5.41, 5.74) is 0. The van der Waals surface area contributed by atoms with Crippen molar-refractivity contribution in [3.8, 4) is 0 Å². The predicted molar refractivity (Wildman–Crippen MR) is 63.7 cm³/mol. The fourth-order valence-corrected chi connectivity index (χ4v) is 1.72. The summed E-state index contributed by atoms with van der Waals surface area (Å²) in [6, 6.07) is 0. The summed E-state index contributed by atoms with van der Waals surface area (Å²) < 4.78 is 0. The SMILES string of the molecule is CCCCCCCCCC=CC[SeH]. The zero-order valence-corrected chi connectivity index (χ0v) is 10.8. The standard InChI is InChI=1S/C12H24Se/c1-2-3-4-5-6-7-8-9-10-11-12-13/h10-11,13H,2-9,12H2,1H3. The van der Waals surface area contributed by atoms with Crippen molar-refractivity contribution in [3.63, 3.8) is 0 Å². The first kappa shape index (κ1) is 13.3. The molecule has 13 heavy (non-hydrogen) atoms. The molecule has 0 saturated carbocycles. The van der Waals surface area contributed by atoms with Gasteiger partial charge in [-0.3, -0.25) is 0 Å². The maximum absolute atomic E-state index is 2.59. The zero-order valence-electron chi connectivity index (χ0n) is 8.97. The van der Waals surface area contributed by atoms with Crippen LogP contribution in [0.4, 0.5) is 0 Å². The van der Waals surface area contributed by atoms with Gasteiger partial charge in [-0.15, -0.1) is 0 Å². The molecule has 0 aliphatic rings. The molecule has 0 aromatic heterocycles. The average Bonchev–Trinajstić information content (AvgIpc) is 2.16. The Bertz CT molecular complexity index is 108. The van der Waals surface area contributed by atoms with Crippen LogP contribution in [0.15, 0.2) is 12.2 Å². The molecule has 0 rings (SSSR count). The first-order valence-electron chi connectivity index (χ1n) is 5.67. The number of hydrogen-bond acceptors (Lipinski definition) is 0. The molecule has 0 fully saturated rings. The van der Waals surface area contributed by atoms with E-state index >= 15 is 0 Å². The minimum atomic E-state index is 1.13. The van der Waals surface area contributed by atoms with E-state index in [1.807, 2.05) is 0 Å². The fourth-order valence-electron chi connectivity index (χ4n) is 1.41. The molecular weight excluding hydrogens is 223 g/mol. The third-order valence-corrected chi connectivity index (χ3v) is 2.69. The third-order valence-electron chi connectivity index (χ3n) is 2.25. The molecule has 1 heteroatoms. The van der Waals surface area contributed by atoms with Crippen LogP contribution in [0.2, 0.25) is 5.32 Å². The first-order chi connectivity index (χ1) is 6.41. The van der Waals surface area contributed by atoms with Gasteiger partial charge in [-0.2, -0.15) is 0 Å². The summed E-state index contributed by atoms with van der Waals surface area (Å²) in [5.74, 6) is 0. The Hall–Kier alpha value is 0.259. The third kappa shape index (κ3) is 12.3.